The first kappa shape index (κ1) is 12.3. The van der Waals surface area contributed by atoms with Crippen molar-refractivity contribution >= 4 is 5.96 Å². The molecule has 102 valence electrons. The molecule has 2 saturated carbocycles. The van der Waals surface area contributed by atoms with Crippen molar-refractivity contribution in [2.24, 2.45) is 16.3 Å². The van der Waals surface area contributed by atoms with Gasteiger partial charge in [-0.3, -0.25) is 4.99 Å². The van der Waals surface area contributed by atoms with Crippen LogP contribution in [0.5, 0.6) is 0 Å². The van der Waals surface area contributed by atoms with Crippen LogP contribution < -0.4 is 10.6 Å². The molecule has 0 aromatic rings. The van der Waals surface area contributed by atoms with Gasteiger partial charge >= 0.3 is 0 Å². The van der Waals surface area contributed by atoms with E-state index in [1.165, 1.54) is 25.7 Å². The lowest BCUT2D eigenvalue weighted by atomic mass is 9.57. The van der Waals surface area contributed by atoms with E-state index in [0.29, 0.717) is 24.1 Å². The van der Waals surface area contributed by atoms with Gasteiger partial charge in [0.15, 0.2) is 5.96 Å². The zero-order chi connectivity index (χ0) is 12.8. The van der Waals surface area contributed by atoms with E-state index < -0.39 is 0 Å². The molecule has 2 aliphatic carbocycles. The highest BCUT2D eigenvalue weighted by Crippen LogP contribution is 2.52. The van der Waals surface area contributed by atoms with Crippen molar-refractivity contribution in [3.63, 3.8) is 0 Å². The largest absolute Gasteiger partial charge is 0.377 e. The maximum absolute atomic E-state index is 5.83. The number of guanidine groups is 1. The highest BCUT2D eigenvalue weighted by molar-refractivity contribution is 5.80. The van der Waals surface area contributed by atoms with Gasteiger partial charge in [0.25, 0.3) is 0 Å². The lowest BCUT2D eigenvalue weighted by Crippen LogP contribution is -2.68. The Bertz CT molecular complexity index is 349. The van der Waals surface area contributed by atoms with Gasteiger partial charge in [0.1, 0.15) is 0 Å². The molecule has 1 heterocycles. The van der Waals surface area contributed by atoms with Gasteiger partial charge < -0.3 is 15.4 Å². The standard InChI is InChI=1S/C14H25N3O/c1-14(2)11(10-7-8-18-12(10)14)17-13(15-3)16-9-5-4-6-9/h9-12H,4-8H2,1-3H3,(H2,15,16,17). The van der Waals surface area contributed by atoms with Crippen molar-refractivity contribution < 1.29 is 4.74 Å². The summed E-state index contributed by atoms with van der Waals surface area (Å²) in [5.74, 6) is 1.64. The normalized spacial score (nSPS) is 38.6. The van der Waals surface area contributed by atoms with Gasteiger partial charge in [-0.2, -0.15) is 0 Å². The van der Waals surface area contributed by atoms with Gasteiger partial charge in [0.2, 0.25) is 0 Å². The van der Waals surface area contributed by atoms with Crippen molar-refractivity contribution in [1.29, 1.82) is 0 Å². The molecule has 3 unspecified atom stereocenters. The third kappa shape index (κ3) is 1.81. The van der Waals surface area contributed by atoms with E-state index in [1.54, 1.807) is 0 Å². The van der Waals surface area contributed by atoms with Gasteiger partial charge in [0.05, 0.1) is 6.10 Å². The molecule has 0 amide bonds. The van der Waals surface area contributed by atoms with E-state index in [4.69, 9.17) is 4.74 Å². The molecule has 0 bridgehead atoms. The smallest absolute Gasteiger partial charge is 0.191 e. The zero-order valence-electron chi connectivity index (χ0n) is 11.7. The summed E-state index contributed by atoms with van der Waals surface area (Å²) in [6, 6.07) is 1.13. The predicted molar refractivity (Wildman–Crippen MR) is 72.7 cm³/mol. The Balaban J connectivity index is 1.60. The molecule has 1 aliphatic heterocycles. The minimum Gasteiger partial charge on any atom is -0.377 e. The summed E-state index contributed by atoms with van der Waals surface area (Å²) < 4.78 is 5.83. The first-order valence-electron chi connectivity index (χ1n) is 7.24. The molecule has 3 fully saturated rings. The summed E-state index contributed by atoms with van der Waals surface area (Å²) in [5, 5.41) is 7.14. The van der Waals surface area contributed by atoms with Crippen LogP contribution in [0.4, 0.5) is 0 Å². The summed E-state index contributed by atoms with van der Waals surface area (Å²) in [5.41, 5.74) is 0.221. The fraction of sp³-hybridized carbons (Fsp3) is 0.929. The third-order valence-corrected chi connectivity index (χ3v) is 5.06. The van der Waals surface area contributed by atoms with Crippen molar-refractivity contribution in [2.75, 3.05) is 13.7 Å². The minimum absolute atomic E-state index is 0.221. The average Bonchev–Trinajstić information content (AvgIpc) is 2.73. The highest BCUT2D eigenvalue weighted by atomic mass is 16.5. The van der Waals surface area contributed by atoms with Gasteiger partial charge in [-0.25, -0.2) is 0 Å². The van der Waals surface area contributed by atoms with Gasteiger partial charge in [-0.15, -0.1) is 0 Å². The van der Waals surface area contributed by atoms with Crippen LogP contribution in [-0.4, -0.2) is 37.8 Å². The van der Waals surface area contributed by atoms with Crippen LogP contribution in [0.25, 0.3) is 0 Å². The SMILES string of the molecule is CN=C(NC1CCC1)NC1C2CCOC2C1(C)C. The summed E-state index contributed by atoms with van der Waals surface area (Å²) in [4.78, 5) is 4.37. The maximum atomic E-state index is 5.83. The molecular weight excluding hydrogens is 226 g/mol. The Labute approximate surface area is 110 Å². The number of hydrogen-bond donors (Lipinski definition) is 2. The van der Waals surface area contributed by atoms with E-state index >= 15 is 0 Å². The van der Waals surface area contributed by atoms with E-state index in [9.17, 15) is 0 Å². The summed E-state index contributed by atoms with van der Waals surface area (Å²) in [6.07, 6.45) is 5.54. The van der Waals surface area contributed by atoms with Gasteiger partial charge in [0, 0.05) is 37.1 Å². The average molecular weight is 251 g/mol. The lowest BCUT2D eigenvalue weighted by molar-refractivity contribution is -0.106. The Morgan fingerprint density at radius 1 is 1.22 bits per heavy atom. The maximum Gasteiger partial charge on any atom is 0.191 e. The van der Waals surface area contributed by atoms with Crippen LogP contribution in [0.3, 0.4) is 0 Å². The minimum atomic E-state index is 0.221. The van der Waals surface area contributed by atoms with Crippen LogP contribution >= 0.6 is 0 Å². The fourth-order valence-corrected chi connectivity index (χ4v) is 3.68. The first-order valence-corrected chi connectivity index (χ1v) is 7.24. The fourth-order valence-electron chi connectivity index (χ4n) is 3.68. The predicted octanol–water partition coefficient (Wildman–Crippen LogP) is 1.52. The highest BCUT2D eigenvalue weighted by Gasteiger charge is 2.59. The van der Waals surface area contributed by atoms with Crippen molar-refractivity contribution in [2.45, 2.75) is 57.7 Å². The molecule has 0 aromatic heterocycles. The zero-order valence-corrected chi connectivity index (χ0v) is 11.7. The molecule has 3 aliphatic rings. The topological polar surface area (TPSA) is 45.7 Å². The molecule has 3 rings (SSSR count). The number of nitrogens with zero attached hydrogens (tertiary/aromatic N) is 1. The Hall–Kier alpha value is -0.770. The van der Waals surface area contributed by atoms with E-state index in [2.05, 4.69) is 29.5 Å². The molecule has 1 saturated heterocycles. The number of nitrogens with one attached hydrogen (secondary N) is 2. The van der Waals surface area contributed by atoms with E-state index in [-0.39, 0.29) is 5.41 Å². The van der Waals surface area contributed by atoms with Crippen LogP contribution in [0, 0.1) is 11.3 Å². The van der Waals surface area contributed by atoms with Crippen molar-refractivity contribution in [1.82, 2.24) is 10.6 Å². The van der Waals surface area contributed by atoms with E-state index in [0.717, 1.165) is 12.6 Å². The Kier molecular flexibility index (Phi) is 3.00. The number of rotatable bonds is 2. The molecular formula is C14H25N3O. The van der Waals surface area contributed by atoms with Crippen molar-refractivity contribution in [3.8, 4) is 0 Å². The monoisotopic (exact) mass is 251 g/mol. The number of fused-ring (bicyclic) bond motifs is 1. The Morgan fingerprint density at radius 2 is 2.00 bits per heavy atom. The number of aliphatic imine (C=N–C) groups is 1. The quantitative estimate of drug-likeness (QED) is 0.578. The first-order chi connectivity index (χ1) is 8.63. The lowest BCUT2D eigenvalue weighted by Gasteiger charge is -2.55. The molecule has 4 heteroatoms. The second kappa shape index (κ2) is 4.41. The second-order valence-electron chi connectivity index (χ2n) is 6.53. The van der Waals surface area contributed by atoms with Crippen LogP contribution in [0.15, 0.2) is 4.99 Å². The summed E-state index contributed by atoms with van der Waals surface area (Å²) >= 11 is 0. The van der Waals surface area contributed by atoms with Crippen LogP contribution in [0.1, 0.15) is 39.5 Å². The molecule has 0 radical (unpaired) electrons. The number of hydrogen-bond acceptors (Lipinski definition) is 2. The molecule has 4 nitrogen and oxygen atoms in total. The van der Waals surface area contributed by atoms with Crippen LogP contribution in [-0.2, 0) is 4.74 Å². The molecule has 3 atom stereocenters. The van der Waals surface area contributed by atoms with Gasteiger partial charge in [-0.1, -0.05) is 13.8 Å². The van der Waals surface area contributed by atoms with Crippen LogP contribution in [0.2, 0.25) is 0 Å². The molecule has 2 N–H and O–H groups in total. The molecule has 18 heavy (non-hydrogen) atoms. The van der Waals surface area contributed by atoms with Crippen molar-refractivity contribution in [3.05, 3.63) is 0 Å². The molecule has 0 spiro atoms. The second-order valence-corrected chi connectivity index (χ2v) is 6.53. The summed E-state index contributed by atoms with van der Waals surface area (Å²) in [7, 11) is 1.86. The van der Waals surface area contributed by atoms with Gasteiger partial charge in [-0.05, 0) is 25.7 Å². The summed E-state index contributed by atoms with van der Waals surface area (Å²) in [6.45, 7) is 5.52. The molecule has 0 aromatic carbocycles. The Morgan fingerprint density at radius 3 is 2.61 bits per heavy atom. The number of ether oxygens (including phenoxy) is 1. The van der Waals surface area contributed by atoms with E-state index in [1.807, 2.05) is 7.05 Å². The third-order valence-electron chi connectivity index (χ3n) is 5.06.